The number of guanidine groups is 2. The number of aromatic nitrogens is 4. The van der Waals surface area contributed by atoms with E-state index in [1.165, 1.54) is 0 Å². The van der Waals surface area contributed by atoms with Crippen LogP contribution in [0.15, 0.2) is 119 Å². The molecule has 12 rings (SSSR count). The number of hydrogen-bond donors (Lipinski definition) is 0. The number of fused-ring (bicyclic) bond motifs is 9. The Morgan fingerprint density at radius 1 is 0.345 bits per heavy atom. The van der Waals surface area contributed by atoms with Gasteiger partial charge in [-0.2, -0.15) is 0 Å². The highest BCUT2D eigenvalue weighted by Crippen LogP contribution is 2.34. The third kappa shape index (κ3) is 5.61. The molecule has 0 bridgehead atoms. The zero-order chi connectivity index (χ0) is 38.2. The Labute approximate surface area is 336 Å². The topological polar surface area (TPSA) is 89.2 Å². The van der Waals surface area contributed by atoms with E-state index >= 15 is 0 Å². The van der Waals surface area contributed by atoms with Gasteiger partial charge in [0.25, 0.3) is 0 Å². The van der Waals surface area contributed by atoms with E-state index in [9.17, 15) is 0 Å². The number of nitrogens with zero attached hydrogens (tertiary/aromatic N) is 10. The maximum absolute atomic E-state index is 5.27. The van der Waals surface area contributed by atoms with Crippen LogP contribution in [0.4, 0.5) is 11.6 Å². The van der Waals surface area contributed by atoms with Crippen LogP contribution < -0.4 is 9.80 Å². The fourth-order valence-corrected chi connectivity index (χ4v) is 9.39. The van der Waals surface area contributed by atoms with Crippen LogP contribution in [0.25, 0.3) is 76.9 Å². The quantitative estimate of drug-likeness (QED) is 0.165. The summed E-state index contributed by atoms with van der Waals surface area (Å²) >= 11 is 0. The molecule has 4 aromatic heterocycles. The molecule has 8 aromatic rings. The molecular weight excluding hydrogens is 717 g/mol. The second-order valence-corrected chi connectivity index (χ2v) is 16.0. The summed E-state index contributed by atoms with van der Waals surface area (Å²) in [5.74, 6) is 4.01. The molecular formula is C48H42N10. The van der Waals surface area contributed by atoms with Crippen molar-refractivity contribution < 1.29 is 0 Å². The van der Waals surface area contributed by atoms with Crippen LogP contribution in [0.3, 0.4) is 0 Å². The normalized spacial score (nSPS) is 17.2. The number of aliphatic imine (C=N–C) groups is 2. The summed E-state index contributed by atoms with van der Waals surface area (Å²) in [5, 5.41) is 6.66. The van der Waals surface area contributed by atoms with Crippen molar-refractivity contribution in [3.63, 3.8) is 0 Å². The minimum atomic E-state index is 0.878. The van der Waals surface area contributed by atoms with E-state index in [4.69, 9.17) is 29.9 Å². The Hall–Kier alpha value is -6.68. The fourth-order valence-electron chi connectivity index (χ4n) is 9.39. The Morgan fingerprint density at radius 3 is 1.19 bits per heavy atom. The lowest BCUT2D eigenvalue weighted by Crippen LogP contribution is -2.52. The van der Waals surface area contributed by atoms with Crippen LogP contribution in [0, 0.1) is 0 Å². The zero-order valence-electron chi connectivity index (χ0n) is 32.3. The van der Waals surface area contributed by atoms with Gasteiger partial charge in [-0.15, -0.1) is 0 Å². The number of pyridine rings is 4. The van der Waals surface area contributed by atoms with Crippen LogP contribution in [0.2, 0.25) is 0 Å². The Bertz CT molecular complexity index is 2820. The predicted octanol–water partition coefficient (Wildman–Crippen LogP) is 8.91. The lowest BCUT2D eigenvalue weighted by Gasteiger charge is -2.40. The summed E-state index contributed by atoms with van der Waals surface area (Å²) in [6.07, 6.45) is 4.43. The number of hydrogen-bond acceptors (Lipinski definition) is 10. The lowest BCUT2D eigenvalue weighted by molar-refractivity contribution is 0.359. The molecule has 0 aliphatic carbocycles. The molecule has 284 valence electrons. The molecule has 58 heavy (non-hydrogen) atoms. The molecule has 8 heterocycles. The molecule has 10 heteroatoms. The van der Waals surface area contributed by atoms with Gasteiger partial charge < -0.3 is 9.80 Å². The van der Waals surface area contributed by atoms with Crippen LogP contribution in [0.1, 0.15) is 25.7 Å². The molecule has 4 aliphatic heterocycles. The van der Waals surface area contributed by atoms with Crippen molar-refractivity contribution in [3.05, 3.63) is 109 Å². The first-order valence-corrected chi connectivity index (χ1v) is 20.8. The predicted molar refractivity (Wildman–Crippen MR) is 237 cm³/mol. The van der Waals surface area contributed by atoms with Gasteiger partial charge in [0.15, 0.2) is 0 Å². The highest BCUT2D eigenvalue weighted by atomic mass is 15.4. The first kappa shape index (κ1) is 33.5. The monoisotopic (exact) mass is 758 g/mol. The third-order valence-electron chi connectivity index (χ3n) is 12.3. The zero-order valence-corrected chi connectivity index (χ0v) is 32.3. The summed E-state index contributed by atoms with van der Waals surface area (Å²) in [4.78, 5) is 40.3. The number of anilines is 2. The second-order valence-electron chi connectivity index (χ2n) is 16.0. The van der Waals surface area contributed by atoms with Gasteiger partial charge in [0, 0.05) is 85.0 Å². The minimum absolute atomic E-state index is 0.878. The van der Waals surface area contributed by atoms with E-state index < -0.39 is 0 Å². The van der Waals surface area contributed by atoms with Crippen LogP contribution >= 0.6 is 0 Å². The summed E-state index contributed by atoms with van der Waals surface area (Å²) < 4.78 is 0. The van der Waals surface area contributed by atoms with Crippen molar-refractivity contribution in [2.75, 3.05) is 62.2 Å². The average Bonchev–Trinajstić information content (AvgIpc) is 3.30. The third-order valence-corrected chi connectivity index (χ3v) is 12.3. The molecule has 2 fully saturated rings. The van der Waals surface area contributed by atoms with Crippen molar-refractivity contribution in [3.8, 4) is 22.5 Å². The maximum atomic E-state index is 5.27. The fraction of sp³-hybridized carbons (Fsp3) is 0.250. The summed E-state index contributed by atoms with van der Waals surface area (Å²) in [5.41, 5.74) is 7.71. The van der Waals surface area contributed by atoms with E-state index in [1.54, 1.807) is 0 Å². The standard InChI is InChI=1S/C48H42N10/c1-21-49-47-55(23-1)25-3-27-57(47)41-19-15-33-7-5-31-13-17-39(51-43(31)45(33)53-41)37-11-9-36-30-38(12-10-35(36)29-37)40-18-14-32-6-8-34-16-20-42(54-46(34)44(32)52-40)58-28-4-26-56-24-2-22-50-48(56)58/h5-20,29-30H,1-4,21-28H2. The van der Waals surface area contributed by atoms with Gasteiger partial charge in [0.1, 0.15) is 11.6 Å². The molecule has 0 atom stereocenters. The molecule has 0 unspecified atom stereocenters. The lowest BCUT2D eigenvalue weighted by atomic mass is 10.00. The van der Waals surface area contributed by atoms with Gasteiger partial charge in [0.05, 0.1) is 33.5 Å². The van der Waals surface area contributed by atoms with E-state index in [2.05, 4.69) is 129 Å². The molecule has 4 aromatic carbocycles. The summed E-state index contributed by atoms with van der Waals surface area (Å²) in [6, 6.07) is 39.1. The van der Waals surface area contributed by atoms with Gasteiger partial charge >= 0.3 is 0 Å². The molecule has 2 saturated heterocycles. The summed E-state index contributed by atoms with van der Waals surface area (Å²) in [6.45, 7) is 7.87. The summed E-state index contributed by atoms with van der Waals surface area (Å²) in [7, 11) is 0. The molecule has 0 amide bonds. The molecule has 0 radical (unpaired) electrons. The number of rotatable bonds is 4. The van der Waals surface area contributed by atoms with Gasteiger partial charge in [-0.05, 0) is 85.0 Å². The highest BCUT2D eigenvalue weighted by Gasteiger charge is 2.29. The molecule has 4 aliphatic rings. The molecule has 0 spiro atoms. The SMILES string of the molecule is c1cc2cc(-c3ccc4ccc5ccc(N6CCCN7CCCN=C76)nc5c4n3)ccc2cc1-c1ccc2ccc3ccc(N4CCCN5CCCN=C54)nc3c2n1. The van der Waals surface area contributed by atoms with Crippen LogP contribution in [-0.2, 0) is 0 Å². The molecule has 10 nitrogen and oxygen atoms in total. The second kappa shape index (κ2) is 13.5. The Balaban J connectivity index is 0.880. The van der Waals surface area contributed by atoms with Crippen molar-refractivity contribution in [1.82, 2.24) is 29.7 Å². The van der Waals surface area contributed by atoms with E-state index in [-0.39, 0.29) is 0 Å². The molecule has 0 saturated carbocycles. The number of benzene rings is 4. The van der Waals surface area contributed by atoms with E-state index in [0.717, 1.165) is 178 Å². The highest BCUT2D eigenvalue weighted by molar-refractivity contribution is 6.07. The van der Waals surface area contributed by atoms with Gasteiger partial charge in [0.2, 0.25) is 11.9 Å². The van der Waals surface area contributed by atoms with Gasteiger partial charge in [-0.25, -0.2) is 19.9 Å². The van der Waals surface area contributed by atoms with E-state index in [1.807, 2.05) is 0 Å². The first-order chi connectivity index (χ1) is 28.7. The first-order valence-electron chi connectivity index (χ1n) is 20.8. The van der Waals surface area contributed by atoms with Crippen molar-refractivity contribution in [2.45, 2.75) is 25.7 Å². The van der Waals surface area contributed by atoms with Crippen LogP contribution in [-0.4, -0.2) is 94.0 Å². The maximum Gasteiger partial charge on any atom is 0.202 e. The smallest absolute Gasteiger partial charge is 0.202 e. The average molecular weight is 759 g/mol. The minimum Gasteiger partial charge on any atom is -0.342 e. The van der Waals surface area contributed by atoms with Crippen molar-refractivity contribution >= 4 is 77.9 Å². The Morgan fingerprint density at radius 2 is 0.724 bits per heavy atom. The van der Waals surface area contributed by atoms with Gasteiger partial charge in [-0.1, -0.05) is 60.7 Å². The van der Waals surface area contributed by atoms with Crippen molar-refractivity contribution in [2.24, 2.45) is 9.98 Å². The Kier molecular flexibility index (Phi) is 7.77. The van der Waals surface area contributed by atoms with E-state index in [0.29, 0.717) is 0 Å². The van der Waals surface area contributed by atoms with Crippen molar-refractivity contribution in [1.29, 1.82) is 0 Å². The van der Waals surface area contributed by atoms with Crippen LogP contribution in [0.5, 0.6) is 0 Å². The molecule has 0 N–H and O–H groups in total. The van der Waals surface area contributed by atoms with Gasteiger partial charge in [-0.3, -0.25) is 19.8 Å². The largest absolute Gasteiger partial charge is 0.342 e.